The number of carbonyl (C=O) groups excluding carboxylic acids is 1. The maximum absolute atomic E-state index is 11.1. The molecule has 0 saturated heterocycles. The van der Waals surface area contributed by atoms with E-state index < -0.39 is 0 Å². The fraction of sp³-hybridized carbons (Fsp3) is 0.357. The predicted octanol–water partition coefficient (Wildman–Crippen LogP) is 2.65. The Kier molecular flexibility index (Phi) is 3.99. The van der Waals surface area contributed by atoms with Crippen molar-refractivity contribution in [3.05, 3.63) is 36.1 Å². The van der Waals surface area contributed by atoms with Crippen molar-refractivity contribution in [1.82, 2.24) is 5.32 Å². The van der Waals surface area contributed by atoms with Crippen LogP contribution in [0, 0.1) is 0 Å². The van der Waals surface area contributed by atoms with Crippen LogP contribution in [0.5, 0.6) is 0 Å². The first-order valence-corrected chi connectivity index (χ1v) is 6.01. The maximum atomic E-state index is 11.1. The van der Waals surface area contributed by atoms with Crippen molar-refractivity contribution >= 4 is 16.9 Å². The summed E-state index contributed by atoms with van der Waals surface area (Å²) in [5, 5.41) is 4.06. The third-order valence-corrected chi connectivity index (χ3v) is 2.73. The van der Waals surface area contributed by atoms with Gasteiger partial charge >= 0.3 is 5.97 Å². The molecule has 0 fully saturated rings. The summed E-state index contributed by atoms with van der Waals surface area (Å²) in [6, 6.07) is 9.69. The van der Waals surface area contributed by atoms with Gasteiger partial charge in [-0.1, -0.05) is 18.2 Å². The van der Waals surface area contributed by atoms with Crippen LogP contribution in [0.3, 0.4) is 0 Å². The minimum absolute atomic E-state index is 0.295. The average Bonchev–Trinajstić information content (AvgIpc) is 2.77. The van der Waals surface area contributed by atoms with Crippen LogP contribution in [0.25, 0.3) is 11.0 Å². The van der Waals surface area contributed by atoms with Crippen molar-refractivity contribution < 1.29 is 13.9 Å². The highest BCUT2D eigenvalue weighted by Gasteiger charge is 2.18. The Morgan fingerprint density at radius 1 is 1.44 bits per heavy atom. The quantitative estimate of drug-likeness (QED) is 0.825. The summed E-state index contributed by atoms with van der Waals surface area (Å²) in [7, 11) is 1.86. The SMILES string of the molecule is CNCC[C@H](OC(C)=O)c1cc2ccccc2o1. The number of benzene rings is 1. The molecule has 1 aromatic carbocycles. The van der Waals surface area contributed by atoms with E-state index in [1.54, 1.807) is 0 Å². The lowest BCUT2D eigenvalue weighted by atomic mass is 10.2. The lowest BCUT2D eigenvalue weighted by Crippen LogP contribution is -2.15. The first-order chi connectivity index (χ1) is 8.70. The highest BCUT2D eigenvalue weighted by molar-refractivity contribution is 5.77. The molecule has 4 nitrogen and oxygen atoms in total. The van der Waals surface area contributed by atoms with E-state index in [-0.39, 0.29) is 12.1 Å². The highest BCUT2D eigenvalue weighted by Crippen LogP contribution is 2.28. The van der Waals surface area contributed by atoms with Gasteiger partial charge in [-0.05, 0) is 25.7 Å². The van der Waals surface area contributed by atoms with Crippen molar-refractivity contribution in [2.75, 3.05) is 13.6 Å². The van der Waals surface area contributed by atoms with Crippen LogP contribution in [0.4, 0.5) is 0 Å². The molecule has 0 amide bonds. The lowest BCUT2D eigenvalue weighted by Gasteiger charge is -2.14. The van der Waals surface area contributed by atoms with Gasteiger partial charge in [-0.15, -0.1) is 0 Å². The molecule has 1 aromatic heterocycles. The molecule has 2 rings (SSSR count). The minimum atomic E-state index is -0.331. The summed E-state index contributed by atoms with van der Waals surface area (Å²) in [5.41, 5.74) is 0.814. The second-order valence-corrected chi connectivity index (χ2v) is 4.18. The van der Waals surface area contributed by atoms with Gasteiger partial charge in [0.1, 0.15) is 11.3 Å². The fourth-order valence-electron chi connectivity index (χ4n) is 1.90. The molecule has 4 heteroatoms. The first kappa shape index (κ1) is 12.6. The molecule has 0 aliphatic carbocycles. The highest BCUT2D eigenvalue weighted by atomic mass is 16.5. The van der Waals surface area contributed by atoms with Gasteiger partial charge in [0.2, 0.25) is 0 Å². The number of fused-ring (bicyclic) bond motifs is 1. The molecule has 0 spiro atoms. The van der Waals surface area contributed by atoms with E-state index in [1.165, 1.54) is 6.92 Å². The van der Waals surface area contributed by atoms with Crippen LogP contribution in [0.1, 0.15) is 25.2 Å². The molecule has 0 aliphatic heterocycles. The molecule has 0 unspecified atom stereocenters. The van der Waals surface area contributed by atoms with Crippen molar-refractivity contribution in [2.45, 2.75) is 19.4 Å². The number of rotatable bonds is 5. The molecule has 0 aliphatic rings. The first-order valence-electron chi connectivity index (χ1n) is 6.01. The van der Waals surface area contributed by atoms with Gasteiger partial charge in [-0.2, -0.15) is 0 Å². The monoisotopic (exact) mass is 247 g/mol. The molecule has 18 heavy (non-hydrogen) atoms. The van der Waals surface area contributed by atoms with E-state index in [9.17, 15) is 4.79 Å². The molecule has 0 saturated carbocycles. The van der Waals surface area contributed by atoms with Gasteiger partial charge in [0.25, 0.3) is 0 Å². The predicted molar refractivity (Wildman–Crippen MR) is 69.3 cm³/mol. The second-order valence-electron chi connectivity index (χ2n) is 4.18. The Hall–Kier alpha value is -1.81. The number of esters is 1. The smallest absolute Gasteiger partial charge is 0.303 e. The Morgan fingerprint density at radius 3 is 2.89 bits per heavy atom. The van der Waals surface area contributed by atoms with E-state index in [4.69, 9.17) is 9.15 Å². The van der Waals surface area contributed by atoms with Crippen LogP contribution >= 0.6 is 0 Å². The summed E-state index contributed by atoms with van der Waals surface area (Å²) in [6.07, 6.45) is 0.359. The maximum Gasteiger partial charge on any atom is 0.303 e. The van der Waals surface area contributed by atoms with E-state index >= 15 is 0 Å². The number of hydrogen-bond acceptors (Lipinski definition) is 4. The Bertz CT molecular complexity index is 500. The summed E-state index contributed by atoms with van der Waals surface area (Å²) in [4.78, 5) is 11.1. The zero-order valence-corrected chi connectivity index (χ0v) is 10.6. The minimum Gasteiger partial charge on any atom is -0.457 e. The van der Waals surface area contributed by atoms with Crippen LogP contribution in [-0.4, -0.2) is 19.6 Å². The van der Waals surface area contributed by atoms with Crippen LogP contribution in [-0.2, 0) is 9.53 Å². The van der Waals surface area contributed by atoms with Gasteiger partial charge in [0.15, 0.2) is 6.10 Å². The van der Waals surface area contributed by atoms with Gasteiger partial charge in [-0.25, -0.2) is 0 Å². The van der Waals surface area contributed by atoms with Crippen molar-refractivity contribution in [3.63, 3.8) is 0 Å². The van der Waals surface area contributed by atoms with E-state index in [0.29, 0.717) is 12.2 Å². The zero-order chi connectivity index (χ0) is 13.0. The van der Waals surface area contributed by atoms with E-state index in [0.717, 1.165) is 17.5 Å². The number of furan rings is 1. The van der Waals surface area contributed by atoms with Gasteiger partial charge in [0.05, 0.1) is 0 Å². The third kappa shape index (κ3) is 2.90. The zero-order valence-electron chi connectivity index (χ0n) is 10.6. The van der Waals surface area contributed by atoms with Crippen molar-refractivity contribution in [3.8, 4) is 0 Å². The summed E-state index contributed by atoms with van der Waals surface area (Å²) >= 11 is 0. The molecular formula is C14H17NO3. The Balaban J connectivity index is 2.25. The van der Waals surface area contributed by atoms with Gasteiger partial charge in [-0.3, -0.25) is 4.79 Å². The standard InChI is InChI=1S/C14H17NO3/c1-10(16)17-13(7-8-15-2)14-9-11-5-3-4-6-12(11)18-14/h3-6,9,13,15H,7-8H2,1-2H3/t13-/m0/s1. The van der Waals surface area contributed by atoms with Crippen LogP contribution in [0.15, 0.2) is 34.7 Å². The molecule has 2 aromatic rings. The topological polar surface area (TPSA) is 51.5 Å². The number of para-hydroxylation sites is 1. The molecule has 96 valence electrons. The molecule has 1 N–H and O–H groups in total. The molecule has 0 bridgehead atoms. The molecule has 1 atom stereocenters. The number of ether oxygens (including phenoxy) is 1. The Labute approximate surface area is 106 Å². The normalized spacial score (nSPS) is 12.6. The van der Waals surface area contributed by atoms with E-state index in [1.807, 2.05) is 37.4 Å². The summed E-state index contributed by atoms with van der Waals surface area (Å²) in [5.74, 6) is 0.401. The van der Waals surface area contributed by atoms with Crippen LogP contribution < -0.4 is 5.32 Å². The Morgan fingerprint density at radius 2 is 2.22 bits per heavy atom. The second kappa shape index (κ2) is 5.69. The van der Waals surface area contributed by atoms with Gasteiger partial charge in [0, 0.05) is 18.7 Å². The number of hydrogen-bond donors (Lipinski definition) is 1. The third-order valence-electron chi connectivity index (χ3n) is 2.73. The molecule has 1 heterocycles. The fourth-order valence-corrected chi connectivity index (χ4v) is 1.90. The molecular weight excluding hydrogens is 230 g/mol. The van der Waals surface area contributed by atoms with Gasteiger partial charge < -0.3 is 14.5 Å². The average molecular weight is 247 g/mol. The summed E-state index contributed by atoms with van der Waals surface area (Å²) < 4.78 is 11.0. The van der Waals surface area contributed by atoms with E-state index in [2.05, 4.69) is 5.32 Å². The molecule has 0 radical (unpaired) electrons. The number of carbonyl (C=O) groups is 1. The number of nitrogens with one attached hydrogen (secondary N) is 1. The lowest BCUT2D eigenvalue weighted by molar-refractivity contribution is -0.147. The van der Waals surface area contributed by atoms with Crippen LogP contribution in [0.2, 0.25) is 0 Å². The largest absolute Gasteiger partial charge is 0.457 e. The van der Waals surface area contributed by atoms with Crippen molar-refractivity contribution in [2.24, 2.45) is 0 Å². The van der Waals surface area contributed by atoms with Crippen molar-refractivity contribution in [1.29, 1.82) is 0 Å². The summed E-state index contributed by atoms with van der Waals surface area (Å²) in [6.45, 7) is 2.17.